The smallest absolute Gasteiger partial charge is 0.137 e. The molecule has 0 bridgehead atoms. The summed E-state index contributed by atoms with van der Waals surface area (Å²) in [5, 5.41) is 9.71. The molecule has 4 heteroatoms. The van der Waals surface area contributed by atoms with Gasteiger partial charge in [-0.2, -0.15) is 0 Å². The van der Waals surface area contributed by atoms with Crippen molar-refractivity contribution in [2.45, 2.75) is 0 Å². The molecule has 0 N–H and O–H groups in total. The van der Waals surface area contributed by atoms with Crippen molar-refractivity contribution >= 4 is 103 Å². The van der Waals surface area contributed by atoms with Gasteiger partial charge >= 0.3 is 0 Å². The van der Waals surface area contributed by atoms with Crippen LogP contribution in [0.25, 0.3) is 80.4 Å². The second-order valence-electron chi connectivity index (χ2n) is 12.9. The first-order valence-corrected chi connectivity index (χ1v) is 17.8. The van der Waals surface area contributed by atoms with Gasteiger partial charge in [-0.05, 0) is 60.7 Å². The van der Waals surface area contributed by atoms with E-state index in [0.29, 0.717) is 0 Å². The number of para-hydroxylation sites is 3. The van der Waals surface area contributed by atoms with E-state index in [9.17, 15) is 0 Å². The fourth-order valence-corrected chi connectivity index (χ4v) is 9.32. The molecule has 0 atom stereocenters. The fraction of sp³-hybridized carbons (Fsp3) is 0. The van der Waals surface area contributed by atoms with E-state index in [1.807, 2.05) is 17.4 Å². The van der Waals surface area contributed by atoms with Crippen LogP contribution in [0.5, 0.6) is 0 Å². The van der Waals surface area contributed by atoms with Crippen molar-refractivity contribution < 1.29 is 4.42 Å². The average Bonchev–Trinajstić information content (AvgIpc) is 3.86. The zero-order chi connectivity index (χ0) is 32.8. The Bertz CT molecular complexity index is 3110. The second-order valence-corrected chi connectivity index (χ2v) is 13.9. The van der Waals surface area contributed by atoms with Gasteiger partial charge in [-0.3, -0.25) is 0 Å². The quantitative estimate of drug-likeness (QED) is 0.188. The van der Waals surface area contributed by atoms with E-state index in [1.54, 1.807) is 0 Å². The highest BCUT2D eigenvalue weighted by Crippen LogP contribution is 2.50. The third kappa shape index (κ3) is 3.85. The van der Waals surface area contributed by atoms with Crippen molar-refractivity contribution in [1.29, 1.82) is 0 Å². The van der Waals surface area contributed by atoms with E-state index in [0.717, 1.165) is 50.2 Å². The van der Waals surface area contributed by atoms with Crippen LogP contribution in [0.3, 0.4) is 0 Å². The number of thiophene rings is 1. The standard InChI is InChI=1S/C46H28N2OS/c1-2-13-29(14-3-1)47-37-19-7-4-16-34(37)44-38(47)21-11-22-39(44)48(40-23-12-25-42-45(40)35-17-5-8-24-41(35)49-42)36-20-10-18-32-30(36)27-28-33-31-15-6-9-26-43(31)50-46(32)33/h1-28H. The summed E-state index contributed by atoms with van der Waals surface area (Å²) in [5.74, 6) is 0. The molecule has 0 unspecified atom stereocenters. The highest BCUT2D eigenvalue weighted by Gasteiger charge is 2.25. The van der Waals surface area contributed by atoms with E-state index < -0.39 is 0 Å². The molecule has 0 saturated carbocycles. The summed E-state index contributed by atoms with van der Waals surface area (Å²) in [4.78, 5) is 2.48. The van der Waals surface area contributed by atoms with Crippen LogP contribution in [0.4, 0.5) is 17.1 Å². The Morgan fingerprint density at radius 3 is 1.90 bits per heavy atom. The summed E-state index contributed by atoms with van der Waals surface area (Å²) in [6, 6.07) is 61.2. The van der Waals surface area contributed by atoms with Crippen molar-refractivity contribution in [2.75, 3.05) is 4.90 Å². The Balaban J connectivity index is 1.30. The minimum atomic E-state index is 0.875. The van der Waals surface area contributed by atoms with Gasteiger partial charge in [-0.25, -0.2) is 0 Å². The van der Waals surface area contributed by atoms with E-state index in [2.05, 4.69) is 173 Å². The minimum absolute atomic E-state index is 0.875. The second kappa shape index (κ2) is 10.6. The highest BCUT2D eigenvalue weighted by molar-refractivity contribution is 7.26. The van der Waals surface area contributed by atoms with Crippen molar-refractivity contribution in [3.8, 4) is 5.69 Å². The van der Waals surface area contributed by atoms with Crippen LogP contribution in [0, 0.1) is 0 Å². The monoisotopic (exact) mass is 656 g/mol. The minimum Gasteiger partial charge on any atom is -0.456 e. The molecule has 3 heterocycles. The molecule has 0 aliphatic rings. The molecule has 50 heavy (non-hydrogen) atoms. The normalized spacial score (nSPS) is 12.0. The van der Waals surface area contributed by atoms with Crippen molar-refractivity contribution in [1.82, 2.24) is 4.57 Å². The first-order chi connectivity index (χ1) is 24.8. The van der Waals surface area contributed by atoms with E-state index >= 15 is 0 Å². The Kier molecular flexibility index (Phi) is 5.83. The topological polar surface area (TPSA) is 21.3 Å². The van der Waals surface area contributed by atoms with Gasteiger partial charge in [-0.1, -0.05) is 109 Å². The fourth-order valence-electron chi connectivity index (χ4n) is 8.09. The number of rotatable bonds is 4. The lowest BCUT2D eigenvalue weighted by Gasteiger charge is -2.28. The first-order valence-electron chi connectivity index (χ1n) is 16.9. The maximum Gasteiger partial charge on any atom is 0.137 e. The van der Waals surface area contributed by atoms with Crippen molar-refractivity contribution in [2.24, 2.45) is 0 Å². The molecule has 0 radical (unpaired) electrons. The molecule has 0 saturated heterocycles. The average molecular weight is 657 g/mol. The molecule has 11 aromatic rings. The number of benzene rings is 8. The molecule has 11 rings (SSSR count). The van der Waals surface area contributed by atoms with Crippen LogP contribution in [-0.4, -0.2) is 4.57 Å². The lowest BCUT2D eigenvalue weighted by atomic mass is 10.0. The number of hydrogen-bond acceptors (Lipinski definition) is 3. The van der Waals surface area contributed by atoms with Gasteiger partial charge in [0.2, 0.25) is 0 Å². The Morgan fingerprint density at radius 2 is 1.00 bits per heavy atom. The molecule has 3 aromatic heterocycles. The number of fused-ring (bicyclic) bond motifs is 11. The van der Waals surface area contributed by atoms with Crippen molar-refractivity contribution in [3.05, 3.63) is 170 Å². The summed E-state index contributed by atoms with van der Waals surface area (Å²) in [7, 11) is 0. The zero-order valence-electron chi connectivity index (χ0n) is 26.9. The Hall–Kier alpha value is -6.36. The maximum absolute atomic E-state index is 6.48. The zero-order valence-corrected chi connectivity index (χ0v) is 27.7. The summed E-state index contributed by atoms with van der Waals surface area (Å²) in [5.41, 5.74) is 8.58. The SMILES string of the molecule is c1ccc(-n2c3ccccc3c3c(N(c4cccc5c4ccc4c6ccccc6sc54)c4cccc5oc6ccccc6c45)cccc32)cc1. The summed E-state index contributed by atoms with van der Waals surface area (Å²) >= 11 is 1.88. The van der Waals surface area contributed by atoms with Crippen LogP contribution in [-0.2, 0) is 0 Å². The molecule has 8 aromatic carbocycles. The first kappa shape index (κ1) is 27.6. The van der Waals surface area contributed by atoms with Crippen LogP contribution in [0.2, 0.25) is 0 Å². The molecule has 0 aliphatic carbocycles. The summed E-state index contributed by atoms with van der Waals surface area (Å²) in [6.07, 6.45) is 0. The predicted molar refractivity (Wildman–Crippen MR) is 213 cm³/mol. The molecule has 0 aliphatic heterocycles. The highest BCUT2D eigenvalue weighted by atomic mass is 32.1. The van der Waals surface area contributed by atoms with Crippen LogP contribution in [0.15, 0.2) is 174 Å². The lowest BCUT2D eigenvalue weighted by molar-refractivity contribution is 0.669. The van der Waals surface area contributed by atoms with Crippen LogP contribution >= 0.6 is 11.3 Å². The molecule has 234 valence electrons. The van der Waals surface area contributed by atoms with Gasteiger partial charge in [0.25, 0.3) is 0 Å². The lowest BCUT2D eigenvalue weighted by Crippen LogP contribution is -2.11. The van der Waals surface area contributed by atoms with E-state index in [-0.39, 0.29) is 0 Å². The molecule has 3 nitrogen and oxygen atoms in total. The number of hydrogen-bond donors (Lipinski definition) is 0. The number of aromatic nitrogens is 1. The van der Waals surface area contributed by atoms with Gasteiger partial charge in [0.1, 0.15) is 11.2 Å². The molecule has 0 fully saturated rings. The Labute approximate surface area is 291 Å². The number of nitrogens with zero attached hydrogens (tertiary/aromatic N) is 2. The molecule has 0 amide bonds. The number of furan rings is 1. The van der Waals surface area contributed by atoms with Gasteiger partial charge in [0, 0.05) is 52.8 Å². The third-order valence-corrected chi connectivity index (χ3v) is 11.4. The van der Waals surface area contributed by atoms with E-state index in [1.165, 1.54) is 47.2 Å². The predicted octanol–water partition coefficient (Wildman–Crippen LogP) is 13.7. The van der Waals surface area contributed by atoms with Gasteiger partial charge < -0.3 is 13.9 Å². The molecular weight excluding hydrogens is 629 g/mol. The van der Waals surface area contributed by atoms with Gasteiger partial charge in [-0.15, -0.1) is 11.3 Å². The molecular formula is C46H28N2OS. The largest absolute Gasteiger partial charge is 0.456 e. The third-order valence-electron chi connectivity index (χ3n) is 10.2. The van der Waals surface area contributed by atoms with Crippen LogP contribution in [0.1, 0.15) is 0 Å². The van der Waals surface area contributed by atoms with Crippen LogP contribution < -0.4 is 4.90 Å². The summed E-state index contributed by atoms with van der Waals surface area (Å²) < 4.78 is 11.5. The maximum atomic E-state index is 6.48. The van der Waals surface area contributed by atoms with E-state index in [4.69, 9.17) is 4.42 Å². The van der Waals surface area contributed by atoms with Gasteiger partial charge in [0.05, 0.1) is 33.5 Å². The number of anilines is 3. The van der Waals surface area contributed by atoms with Gasteiger partial charge in [0.15, 0.2) is 0 Å². The Morgan fingerprint density at radius 1 is 0.400 bits per heavy atom. The summed E-state index contributed by atoms with van der Waals surface area (Å²) in [6.45, 7) is 0. The van der Waals surface area contributed by atoms with Crippen molar-refractivity contribution in [3.63, 3.8) is 0 Å². The molecule has 0 spiro atoms.